The van der Waals surface area contributed by atoms with E-state index < -0.39 is 0 Å². The second-order valence-corrected chi connectivity index (χ2v) is 8.56. The molecule has 148 valence electrons. The van der Waals surface area contributed by atoms with Crippen LogP contribution in [0, 0.1) is 0 Å². The Labute approximate surface area is 184 Å². The first kappa shape index (κ1) is 20.1. The molecule has 0 aromatic heterocycles. The fourth-order valence-electron chi connectivity index (χ4n) is 3.63. The van der Waals surface area contributed by atoms with E-state index in [2.05, 4.69) is 64.6 Å². The predicted octanol–water partition coefficient (Wildman–Crippen LogP) is 6.59. The first-order valence-electron chi connectivity index (χ1n) is 9.69. The molecule has 1 aliphatic rings. The van der Waals surface area contributed by atoms with Gasteiger partial charge in [0.1, 0.15) is 11.9 Å². The highest BCUT2D eigenvalue weighted by Crippen LogP contribution is 2.36. The number of nitrogens with one attached hydrogen (secondary N) is 1. The minimum absolute atomic E-state index is 0.0966. The van der Waals surface area contributed by atoms with Gasteiger partial charge in [-0.1, -0.05) is 70.9 Å². The average Bonchev–Trinajstić information content (AvgIpc) is 2.75. The molecule has 4 rings (SSSR count). The van der Waals surface area contributed by atoms with Crippen LogP contribution in [0.4, 0.5) is 0 Å². The maximum absolute atomic E-state index is 10.5. The quantitative estimate of drug-likeness (QED) is 0.452. The van der Waals surface area contributed by atoms with Crippen molar-refractivity contribution in [3.63, 3.8) is 0 Å². The highest BCUT2D eigenvalue weighted by atomic mass is 79.9. The van der Waals surface area contributed by atoms with Gasteiger partial charge in [-0.3, -0.25) is 10.3 Å². The third-order valence-electron chi connectivity index (χ3n) is 5.29. The number of benzene rings is 3. The highest BCUT2D eigenvalue weighted by Gasteiger charge is 2.27. The van der Waals surface area contributed by atoms with E-state index in [1.54, 1.807) is 12.1 Å². The highest BCUT2D eigenvalue weighted by molar-refractivity contribution is 9.10. The van der Waals surface area contributed by atoms with E-state index in [0.717, 1.165) is 33.3 Å². The van der Waals surface area contributed by atoms with Crippen molar-refractivity contribution < 1.29 is 5.11 Å². The Morgan fingerprint density at radius 1 is 1.07 bits per heavy atom. The summed E-state index contributed by atoms with van der Waals surface area (Å²) in [5, 5.41) is 14.6. The second kappa shape index (κ2) is 8.70. The summed E-state index contributed by atoms with van der Waals surface area (Å²) < 4.78 is 1.03. The van der Waals surface area contributed by atoms with Crippen LogP contribution in [0.15, 0.2) is 76.2 Å². The molecule has 0 bridgehead atoms. The lowest BCUT2D eigenvalue weighted by atomic mass is 9.93. The van der Waals surface area contributed by atoms with Crippen molar-refractivity contribution >= 4 is 33.2 Å². The zero-order valence-corrected chi connectivity index (χ0v) is 18.4. The van der Waals surface area contributed by atoms with Gasteiger partial charge in [-0.05, 0) is 53.4 Å². The summed E-state index contributed by atoms with van der Waals surface area (Å²) in [6.45, 7) is 2.15. The first-order chi connectivity index (χ1) is 14.0. The molecular formula is C24H22BrClN2O. The standard InChI is InChI=1S/C24H22BrClN2O/c1-2-15-3-5-16(6-4-15)21-14-22(20-13-19(26)11-12-23(20)29)28-24(27-21)17-7-9-18(25)10-8-17/h3-13,22,24,28-29H,2,14H2,1H3/t22-,24+/m1/s1. The Kier molecular flexibility index (Phi) is 6.04. The van der Waals surface area contributed by atoms with Gasteiger partial charge < -0.3 is 5.11 Å². The lowest BCUT2D eigenvalue weighted by Crippen LogP contribution is -2.33. The molecule has 3 aromatic rings. The van der Waals surface area contributed by atoms with Crippen LogP contribution in [0.5, 0.6) is 5.75 Å². The summed E-state index contributed by atoms with van der Waals surface area (Å²) in [7, 11) is 0. The second-order valence-electron chi connectivity index (χ2n) is 7.21. The van der Waals surface area contributed by atoms with Crippen LogP contribution in [0.25, 0.3) is 0 Å². The molecule has 29 heavy (non-hydrogen) atoms. The van der Waals surface area contributed by atoms with Gasteiger partial charge in [-0.15, -0.1) is 0 Å². The molecule has 2 atom stereocenters. The predicted molar refractivity (Wildman–Crippen MR) is 123 cm³/mol. The summed E-state index contributed by atoms with van der Waals surface area (Å²) in [5.74, 6) is 0.240. The number of phenolic OH excluding ortho intramolecular Hbond substituents is 1. The fourth-order valence-corrected chi connectivity index (χ4v) is 4.08. The van der Waals surface area contributed by atoms with Crippen LogP contribution in [-0.4, -0.2) is 10.8 Å². The minimum atomic E-state index is -0.207. The molecule has 5 heteroatoms. The van der Waals surface area contributed by atoms with Crippen LogP contribution >= 0.6 is 27.5 Å². The van der Waals surface area contributed by atoms with E-state index in [1.807, 2.05) is 18.2 Å². The van der Waals surface area contributed by atoms with E-state index in [4.69, 9.17) is 16.6 Å². The maximum atomic E-state index is 10.5. The molecule has 1 heterocycles. The third kappa shape index (κ3) is 4.55. The molecule has 2 N–H and O–H groups in total. The van der Waals surface area contributed by atoms with Crippen molar-refractivity contribution in [2.75, 3.05) is 0 Å². The zero-order valence-electron chi connectivity index (χ0n) is 16.1. The van der Waals surface area contributed by atoms with E-state index in [-0.39, 0.29) is 18.0 Å². The van der Waals surface area contributed by atoms with Gasteiger partial charge in [0, 0.05) is 33.2 Å². The van der Waals surface area contributed by atoms with Gasteiger partial charge in [0.25, 0.3) is 0 Å². The molecule has 0 unspecified atom stereocenters. The molecule has 0 saturated heterocycles. The van der Waals surface area contributed by atoms with Gasteiger partial charge in [-0.2, -0.15) is 0 Å². The van der Waals surface area contributed by atoms with Crippen LogP contribution in [0.2, 0.25) is 5.02 Å². The van der Waals surface area contributed by atoms with Crippen molar-refractivity contribution in [1.82, 2.24) is 5.32 Å². The molecular weight excluding hydrogens is 448 g/mol. The topological polar surface area (TPSA) is 44.6 Å². The molecule has 3 aromatic carbocycles. The summed E-state index contributed by atoms with van der Waals surface area (Å²) in [6, 6.07) is 21.8. The van der Waals surface area contributed by atoms with Crippen LogP contribution in [-0.2, 0) is 6.42 Å². The summed E-state index contributed by atoms with van der Waals surface area (Å²) >= 11 is 9.71. The van der Waals surface area contributed by atoms with E-state index in [1.165, 1.54) is 5.56 Å². The van der Waals surface area contributed by atoms with Crippen LogP contribution in [0.1, 0.15) is 47.8 Å². The van der Waals surface area contributed by atoms with E-state index in [9.17, 15) is 5.11 Å². The SMILES string of the molecule is CCc1ccc(C2=N[C@H](c3ccc(Br)cc3)N[C@@H](c3cc(Cl)ccc3O)C2)cc1. The van der Waals surface area contributed by atoms with E-state index in [0.29, 0.717) is 11.4 Å². The molecule has 0 amide bonds. The smallest absolute Gasteiger partial charge is 0.126 e. The number of hydrogen-bond donors (Lipinski definition) is 2. The normalized spacial score (nSPS) is 19.1. The minimum Gasteiger partial charge on any atom is -0.508 e. The Hall–Kier alpha value is -2.14. The fraction of sp³-hybridized carbons (Fsp3) is 0.208. The van der Waals surface area contributed by atoms with Crippen molar-refractivity contribution in [3.8, 4) is 5.75 Å². The number of aryl methyl sites for hydroxylation is 1. The first-order valence-corrected chi connectivity index (χ1v) is 10.9. The molecule has 0 radical (unpaired) electrons. The number of aliphatic imine (C=N–C) groups is 1. The largest absolute Gasteiger partial charge is 0.508 e. The molecule has 0 spiro atoms. The van der Waals surface area contributed by atoms with Crippen molar-refractivity contribution in [2.45, 2.75) is 32.0 Å². The molecule has 1 aliphatic heterocycles. The Morgan fingerprint density at radius 2 is 1.79 bits per heavy atom. The molecule has 3 nitrogen and oxygen atoms in total. The molecule has 0 aliphatic carbocycles. The van der Waals surface area contributed by atoms with Crippen LogP contribution < -0.4 is 5.32 Å². The Morgan fingerprint density at radius 3 is 2.48 bits per heavy atom. The zero-order chi connectivity index (χ0) is 20.4. The summed E-state index contributed by atoms with van der Waals surface area (Å²) in [5.41, 5.74) is 5.29. The summed E-state index contributed by atoms with van der Waals surface area (Å²) in [6.07, 6.45) is 1.47. The average molecular weight is 470 g/mol. The number of aromatic hydroxyl groups is 1. The Bertz CT molecular complexity index is 1030. The number of rotatable bonds is 4. The van der Waals surface area contributed by atoms with Gasteiger partial charge in [0.2, 0.25) is 0 Å². The third-order valence-corrected chi connectivity index (χ3v) is 6.05. The van der Waals surface area contributed by atoms with Crippen molar-refractivity contribution in [2.24, 2.45) is 4.99 Å². The number of phenols is 1. The Balaban J connectivity index is 1.75. The number of nitrogens with zero attached hydrogens (tertiary/aromatic N) is 1. The maximum Gasteiger partial charge on any atom is 0.126 e. The number of hydrogen-bond acceptors (Lipinski definition) is 3. The van der Waals surface area contributed by atoms with E-state index >= 15 is 0 Å². The lowest BCUT2D eigenvalue weighted by molar-refractivity contribution is 0.412. The van der Waals surface area contributed by atoms with Gasteiger partial charge in [0.15, 0.2) is 0 Å². The monoisotopic (exact) mass is 468 g/mol. The lowest BCUT2D eigenvalue weighted by Gasteiger charge is -2.31. The van der Waals surface area contributed by atoms with Crippen LogP contribution in [0.3, 0.4) is 0 Å². The summed E-state index contributed by atoms with van der Waals surface area (Å²) in [4.78, 5) is 5.01. The van der Waals surface area contributed by atoms with Gasteiger partial charge >= 0.3 is 0 Å². The van der Waals surface area contributed by atoms with Crippen molar-refractivity contribution in [3.05, 3.63) is 98.5 Å². The van der Waals surface area contributed by atoms with Gasteiger partial charge in [0.05, 0.1) is 0 Å². The molecule has 0 saturated carbocycles. The molecule has 0 fully saturated rings. The number of halogens is 2. The van der Waals surface area contributed by atoms with Crippen molar-refractivity contribution in [1.29, 1.82) is 0 Å². The van der Waals surface area contributed by atoms with Gasteiger partial charge in [-0.25, -0.2) is 0 Å².